The predicted octanol–water partition coefficient (Wildman–Crippen LogP) is 4.48. The molecule has 0 bridgehead atoms. The smallest absolute Gasteiger partial charge is 0.300 e. The highest BCUT2D eigenvalue weighted by Crippen LogP contribution is 2.42. The van der Waals surface area contributed by atoms with E-state index in [-0.39, 0.29) is 11.3 Å². The van der Waals surface area contributed by atoms with Crippen LogP contribution in [0.4, 0.5) is 11.4 Å². The second-order valence-corrected chi connectivity index (χ2v) is 8.25. The van der Waals surface area contributed by atoms with Crippen molar-refractivity contribution in [3.63, 3.8) is 0 Å². The first-order valence-electron chi connectivity index (χ1n) is 11.1. The molecule has 1 fully saturated rings. The second kappa shape index (κ2) is 9.39. The summed E-state index contributed by atoms with van der Waals surface area (Å²) in [5, 5.41) is 11.3. The Morgan fingerprint density at radius 1 is 1.09 bits per heavy atom. The molecular formula is C27H27N3O4. The van der Waals surface area contributed by atoms with Crippen LogP contribution in [0.15, 0.2) is 72.4 Å². The minimum Gasteiger partial charge on any atom is -0.507 e. The lowest BCUT2D eigenvalue weighted by atomic mass is 9.97. The monoisotopic (exact) mass is 457 g/mol. The number of aliphatic hydroxyl groups is 1. The van der Waals surface area contributed by atoms with Crippen molar-refractivity contribution in [3.8, 4) is 5.75 Å². The summed E-state index contributed by atoms with van der Waals surface area (Å²) in [6.07, 6.45) is 1.60. The van der Waals surface area contributed by atoms with Gasteiger partial charge in [-0.25, -0.2) is 0 Å². The lowest BCUT2D eigenvalue weighted by molar-refractivity contribution is -0.132. The molecule has 3 aromatic rings. The number of aryl methyl sites for hydroxylation is 1. The molecule has 174 valence electrons. The van der Waals surface area contributed by atoms with E-state index in [4.69, 9.17) is 4.74 Å². The first-order valence-corrected chi connectivity index (χ1v) is 11.1. The van der Waals surface area contributed by atoms with Gasteiger partial charge in [0.1, 0.15) is 17.6 Å². The number of pyridine rings is 1. The number of aliphatic hydroxyl groups excluding tert-OH is 1. The maximum Gasteiger partial charge on any atom is 0.300 e. The van der Waals surface area contributed by atoms with Crippen LogP contribution in [0.5, 0.6) is 5.75 Å². The maximum atomic E-state index is 13.2. The molecule has 1 aliphatic rings. The Morgan fingerprint density at radius 3 is 2.41 bits per heavy atom. The maximum absolute atomic E-state index is 13.2. The molecule has 1 amide bonds. The Labute approximate surface area is 198 Å². The SMILES string of the molecule is CCOc1ccc(/C(O)=C2/C(=O)C(=O)N(c3ccc(N(C)C)cc3)C2c2ccccn2)cc1C. The van der Waals surface area contributed by atoms with Gasteiger partial charge in [0.05, 0.1) is 17.9 Å². The summed E-state index contributed by atoms with van der Waals surface area (Å²) in [6, 6.07) is 16.9. The number of ether oxygens (including phenoxy) is 1. The molecule has 4 rings (SSSR count). The zero-order chi connectivity index (χ0) is 24.4. The fraction of sp³-hybridized carbons (Fsp3) is 0.222. The number of aromatic nitrogens is 1. The molecule has 1 aromatic heterocycles. The van der Waals surface area contributed by atoms with Crippen molar-refractivity contribution in [2.75, 3.05) is 30.5 Å². The molecule has 1 saturated heterocycles. The summed E-state index contributed by atoms with van der Waals surface area (Å²) in [4.78, 5) is 34.2. The summed E-state index contributed by atoms with van der Waals surface area (Å²) in [5.41, 5.74) is 3.24. The Kier molecular flexibility index (Phi) is 6.36. The van der Waals surface area contributed by atoms with E-state index in [1.165, 1.54) is 4.90 Å². The van der Waals surface area contributed by atoms with Gasteiger partial charge in [-0.3, -0.25) is 19.5 Å². The van der Waals surface area contributed by atoms with Crippen molar-refractivity contribution in [2.45, 2.75) is 19.9 Å². The number of carbonyl (C=O) groups excluding carboxylic acids is 2. The third-order valence-electron chi connectivity index (χ3n) is 5.80. The minimum absolute atomic E-state index is 0.00365. The van der Waals surface area contributed by atoms with Crippen LogP contribution in [-0.4, -0.2) is 42.5 Å². The van der Waals surface area contributed by atoms with Gasteiger partial charge in [0.15, 0.2) is 0 Å². The van der Waals surface area contributed by atoms with E-state index < -0.39 is 17.7 Å². The molecule has 0 radical (unpaired) electrons. The Balaban J connectivity index is 1.87. The molecular weight excluding hydrogens is 430 g/mol. The Morgan fingerprint density at radius 2 is 1.82 bits per heavy atom. The number of hydrogen-bond donors (Lipinski definition) is 1. The second-order valence-electron chi connectivity index (χ2n) is 8.25. The van der Waals surface area contributed by atoms with Gasteiger partial charge in [-0.1, -0.05) is 6.07 Å². The fourth-order valence-corrected chi connectivity index (χ4v) is 4.10. The number of nitrogens with zero attached hydrogens (tertiary/aromatic N) is 3. The van der Waals surface area contributed by atoms with Crippen LogP contribution in [0.25, 0.3) is 5.76 Å². The summed E-state index contributed by atoms with van der Waals surface area (Å²) in [6.45, 7) is 4.28. The largest absolute Gasteiger partial charge is 0.507 e. The van der Waals surface area contributed by atoms with Crippen LogP contribution in [0.3, 0.4) is 0 Å². The highest BCUT2D eigenvalue weighted by molar-refractivity contribution is 6.51. The summed E-state index contributed by atoms with van der Waals surface area (Å²) in [7, 11) is 3.85. The number of Topliss-reactive ketones (excluding diaryl/α,β-unsaturated/α-hetero) is 1. The topological polar surface area (TPSA) is 83.0 Å². The van der Waals surface area contributed by atoms with Crippen LogP contribution in [0.2, 0.25) is 0 Å². The molecule has 34 heavy (non-hydrogen) atoms. The zero-order valence-corrected chi connectivity index (χ0v) is 19.6. The van der Waals surface area contributed by atoms with Crippen molar-refractivity contribution >= 4 is 28.8 Å². The Bertz CT molecular complexity index is 1250. The number of amides is 1. The highest BCUT2D eigenvalue weighted by Gasteiger charge is 2.47. The Hall–Kier alpha value is -4.13. The van der Waals surface area contributed by atoms with E-state index in [0.29, 0.717) is 29.3 Å². The van der Waals surface area contributed by atoms with Crippen LogP contribution >= 0.6 is 0 Å². The molecule has 7 nitrogen and oxygen atoms in total. The number of benzene rings is 2. The third-order valence-corrected chi connectivity index (χ3v) is 5.80. The van der Waals surface area contributed by atoms with Crippen molar-refractivity contribution in [1.82, 2.24) is 4.98 Å². The average molecular weight is 458 g/mol. The van der Waals surface area contributed by atoms with Gasteiger partial charge in [-0.2, -0.15) is 0 Å². The predicted molar refractivity (Wildman–Crippen MR) is 132 cm³/mol. The average Bonchev–Trinajstić information content (AvgIpc) is 3.11. The van der Waals surface area contributed by atoms with Crippen molar-refractivity contribution in [3.05, 3.63) is 89.3 Å². The van der Waals surface area contributed by atoms with Gasteiger partial charge in [-0.15, -0.1) is 0 Å². The molecule has 2 aromatic carbocycles. The van der Waals surface area contributed by atoms with Gasteiger partial charge in [-0.05, 0) is 74.0 Å². The van der Waals surface area contributed by atoms with E-state index in [9.17, 15) is 14.7 Å². The van der Waals surface area contributed by atoms with Crippen LogP contribution in [0.1, 0.15) is 29.8 Å². The highest BCUT2D eigenvalue weighted by atomic mass is 16.5. The lowest BCUT2D eigenvalue weighted by Gasteiger charge is -2.25. The number of carbonyl (C=O) groups is 2. The normalized spacial score (nSPS) is 17.2. The molecule has 1 N–H and O–H groups in total. The van der Waals surface area contributed by atoms with Crippen molar-refractivity contribution in [2.24, 2.45) is 0 Å². The number of anilines is 2. The van der Waals surface area contributed by atoms with Crippen LogP contribution < -0.4 is 14.5 Å². The van der Waals surface area contributed by atoms with Gasteiger partial charge < -0.3 is 14.7 Å². The van der Waals surface area contributed by atoms with Gasteiger partial charge >= 0.3 is 0 Å². The first kappa shape index (κ1) is 23.0. The number of rotatable bonds is 6. The molecule has 1 atom stereocenters. The first-order chi connectivity index (χ1) is 16.3. The van der Waals surface area contributed by atoms with E-state index in [1.807, 2.05) is 45.0 Å². The zero-order valence-electron chi connectivity index (χ0n) is 19.6. The van der Waals surface area contributed by atoms with Crippen LogP contribution in [-0.2, 0) is 9.59 Å². The third kappa shape index (κ3) is 4.12. The summed E-state index contributed by atoms with van der Waals surface area (Å²) in [5.74, 6) is -1.01. The van der Waals surface area contributed by atoms with E-state index in [0.717, 1.165) is 11.3 Å². The lowest BCUT2D eigenvalue weighted by Crippen LogP contribution is -2.29. The van der Waals surface area contributed by atoms with Gasteiger partial charge in [0.2, 0.25) is 0 Å². The standard InChI is InChI=1S/C27H27N3O4/c1-5-34-22-14-9-18(16-17(22)2)25(31)23-24(21-8-6-7-15-28-21)30(27(33)26(23)32)20-12-10-19(11-13-20)29(3)4/h6-16,24,31H,5H2,1-4H3/b25-23-. The van der Waals surface area contributed by atoms with Gasteiger partial charge in [0.25, 0.3) is 11.7 Å². The number of hydrogen-bond acceptors (Lipinski definition) is 6. The summed E-state index contributed by atoms with van der Waals surface area (Å²) < 4.78 is 5.59. The molecule has 0 aliphatic carbocycles. The van der Waals surface area contributed by atoms with Crippen LogP contribution in [0, 0.1) is 6.92 Å². The molecule has 7 heteroatoms. The van der Waals surface area contributed by atoms with Crippen molar-refractivity contribution < 1.29 is 19.4 Å². The fourth-order valence-electron chi connectivity index (χ4n) is 4.10. The molecule has 0 spiro atoms. The summed E-state index contributed by atoms with van der Waals surface area (Å²) >= 11 is 0. The molecule has 1 aliphatic heterocycles. The minimum atomic E-state index is -0.863. The van der Waals surface area contributed by atoms with Gasteiger partial charge in [0, 0.05) is 37.2 Å². The van der Waals surface area contributed by atoms with E-state index in [2.05, 4.69) is 4.98 Å². The number of ketones is 1. The molecule has 0 saturated carbocycles. The molecule has 2 heterocycles. The molecule has 1 unspecified atom stereocenters. The van der Waals surface area contributed by atoms with E-state index in [1.54, 1.807) is 54.7 Å². The van der Waals surface area contributed by atoms with E-state index >= 15 is 0 Å². The quantitative estimate of drug-likeness (QED) is 0.334. The van der Waals surface area contributed by atoms with Crippen molar-refractivity contribution in [1.29, 1.82) is 0 Å².